The molecule has 0 N–H and O–H groups in total. The summed E-state index contributed by atoms with van der Waals surface area (Å²) in [6, 6.07) is 9.84. The van der Waals surface area contributed by atoms with Crippen molar-refractivity contribution in [2.45, 2.75) is 20.4 Å². The van der Waals surface area contributed by atoms with E-state index in [1.54, 1.807) is 62.6 Å². The number of hydrogen-bond acceptors (Lipinski definition) is 6. The van der Waals surface area contributed by atoms with E-state index in [2.05, 4.69) is 9.97 Å². The lowest BCUT2D eigenvalue weighted by molar-refractivity contribution is -0.386. The fourth-order valence-electron chi connectivity index (χ4n) is 3.56. The van der Waals surface area contributed by atoms with Crippen LogP contribution in [0.15, 0.2) is 64.6 Å². The van der Waals surface area contributed by atoms with Crippen molar-refractivity contribution in [3.05, 3.63) is 103 Å². The molecule has 0 saturated carbocycles. The molecule has 1 aromatic carbocycles. The van der Waals surface area contributed by atoms with E-state index in [0.717, 1.165) is 10.1 Å². The molecule has 3 heterocycles. The van der Waals surface area contributed by atoms with Crippen LogP contribution in [0.4, 0.5) is 5.69 Å². The summed E-state index contributed by atoms with van der Waals surface area (Å²) in [5, 5.41) is 11.8. The average Bonchev–Trinajstić information content (AvgIpc) is 2.73. The Morgan fingerprint density at radius 2 is 1.77 bits per heavy atom. The number of pyridine rings is 2. The summed E-state index contributed by atoms with van der Waals surface area (Å²) < 4.78 is 2.37. The molecule has 0 bridgehead atoms. The molecule has 9 heteroatoms. The predicted octanol–water partition coefficient (Wildman–Crippen LogP) is 2.52. The van der Waals surface area contributed by atoms with Crippen molar-refractivity contribution in [1.29, 1.82) is 0 Å². The third kappa shape index (κ3) is 3.06. The van der Waals surface area contributed by atoms with Gasteiger partial charge in [0.25, 0.3) is 11.2 Å². The maximum Gasteiger partial charge on any atom is 0.337 e. The first-order chi connectivity index (χ1) is 14.4. The van der Waals surface area contributed by atoms with Crippen molar-refractivity contribution >= 4 is 16.7 Å². The van der Waals surface area contributed by atoms with Crippen LogP contribution in [0.1, 0.15) is 16.7 Å². The van der Waals surface area contributed by atoms with Crippen LogP contribution in [-0.4, -0.2) is 24.0 Å². The number of nitro groups is 1. The Morgan fingerprint density at radius 3 is 2.47 bits per heavy atom. The van der Waals surface area contributed by atoms with Crippen LogP contribution in [-0.2, 0) is 6.54 Å². The van der Waals surface area contributed by atoms with Gasteiger partial charge in [0.2, 0.25) is 0 Å². The fraction of sp³-hybridized carbons (Fsp3) is 0.143. The Hall–Kier alpha value is -4.14. The van der Waals surface area contributed by atoms with Gasteiger partial charge >= 0.3 is 5.69 Å². The first-order valence-electron chi connectivity index (χ1n) is 9.14. The predicted molar refractivity (Wildman–Crippen MR) is 111 cm³/mol. The number of fused-ring (bicyclic) bond motifs is 1. The molecule has 30 heavy (non-hydrogen) atoms. The molecule has 0 fully saturated rings. The van der Waals surface area contributed by atoms with Gasteiger partial charge in [-0.25, -0.2) is 14.3 Å². The SMILES string of the molecule is Cc1ccc(-n2c(=O)n(Cc3ccncc3)c(=O)c3cccnc32)c(C)c1[N+](=O)[O-]. The van der Waals surface area contributed by atoms with Gasteiger partial charge in [0.1, 0.15) is 0 Å². The van der Waals surface area contributed by atoms with Crippen LogP contribution in [0, 0.1) is 24.0 Å². The highest BCUT2D eigenvalue weighted by Gasteiger charge is 2.22. The van der Waals surface area contributed by atoms with Gasteiger partial charge in [-0.05, 0) is 49.7 Å². The molecular formula is C21H17N5O4. The molecular weight excluding hydrogens is 386 g/mol. The van der Waals surface area contributed by atoms with Crippen LogP contribution >= 0.6 is 0 Å². The highest BCUT2D eigenvalue weighted by Crippen LogP contribution is 2.28. The van der Waals surface area contributed by atoms with Gasteiger partial charge in [-0.3, -0.25) is 24.5 Å². The molecule has 0 saturated heterocycles. The number of nitro benzene ring substituents is 1. The monoisotopic (exact) mass is 403 g/mol. The van der Waals surface area contributed by atoms with Crippen molar-refractivity contribution in [3.8, 4) is 5.69 Å². The maximum atomic E-state index is 13.4. The van der Waals surface area contributed by atoms with Crippen LogP contribution in [0.25, 0.3) is 16.7 Å². The molecule has 0 aliphatic carbocycles. The molecule has 0 radical (unpaired) electrons. The zero-order valence-electron chi connectivity index (χ0n) is 16.3. The van der Waals surface area contributed by atoms with E-state index >= 15 is 0 Å². The Labute approximate surface area is 170 Å². The molecule has 0 atom stereocenters. The molecule has 0 aliphatic rings. The molecule has 150 valence electrons. The standard InChI is InChI=1S/C21H17N5O4/c1-13-5-6-17(14(2)18(13)26(29)30)25-19-16(4-3-9-23-19)20(27)24(21(25)28)12-15-7-10-22-11-8-15/h3-11H,12H2,1-2H3. The number of benzene rings is 1. The second-order valence-corrected chi connectivity index (χ2v) is 6.87. The first-order valence-corrected chi connectivity index (χ1v) is 9.14. The number of aryl methyl sites for hydroxylation is 1. The van der Waals surface area contributed by atoms with Crippen LogP contribution < -0.4 is 11.2 Å². The lowest BCUT2D eigenvalue weighted by Gasteiger charge is -2.15. The molecule has 0 aliphatic heterocycles. The summed E-state index contributed by atoms with van der Waals surface area (Å²) >= 11 is 0. The summed E-state index contributed by atoms with van der Waals surface area (Å²) in [6.45, 7) is 3.26. The normalized spacial score (nSPS) is 11.0. The number of aromatic nitrogens is 4. The van der Waals surface area contributed by atoms with Gasteiger partial charge in [0.15, 0.2) is 5.65 Å². The van der Waals surface area contributed by atoms with Crippen LogP contribution in [0.3, 0.4) is 0 Å². The zero-order valence-corrected chi connectivity index (χ0v) is 16.3. The van der Waals surface area contributed by atoms with Gasteiger partial charge in [-0.15, -0.1) is 0 Å². The minimum absolute atomic E-state index is 0.0397. The first kappa shape index (κ1) is 19.2. The van der Waals surface area contributed by atoms with Gasteiger partial charge in [-0.1, -0.05) is 6.07 Å². The number of nitrogens with zero attached hydrogens (tertiary/aromatic N) is 5. The molecule has 3 aromatic heterocycles. The molecule has 0 amide bonds. The van der Waals surface area contributed by atoms with E-state index in [-0.39, 0.29) is 23.3 Å². The number of hydrogen-bond donors (Lipinski definition) is 0. The summed E-state index contributed by atoms with van der Waals surface area (Å²) in [6.07, 6.45) is 4.63. The Morgan fingerprint density at radius 1 is 1.03 bits per heavy atom. The van der Waals surface area contributed by atoms with Gasteiger partial charge < -0.3 is 0 Å². The highest BCUT2D eigenvalue weighted by molar-refractivity contribution is 5.76. The van der Waals surface area contributed by atoms with Crippen molar-refractivity contribution < 1.29 is 4.92 Å². The van der Waals surface area contributed by atoms with E-state index in [0.29, 0.717) is 16.8 Å². The van der Waals surface area contributed by atoms with Gasteiger partial charge in [-0.2, -0.15) is 0 Å². The van der Waals surface area contributed by atoms with Gasteiger partial charge in [0.05, 0.1) is 28.1 Å². The third-order valence-electron chi connectivity index (χ3n) is 5.01. The molecule has 4 rings (SSSR count). The van der Waals surface area contributed by atoms with E-state index < -0.39 is 16.2 Å². The summed E-state index contributed by atoms with van der Waals surface area (Å²) in [5.41, 5.74) is 0.824. The quantitative estimate of drug-likeness (QED) is 0.382. The van der Waals surface area contributed by atoms with E-state index in [4.69, 9.17) is 0 Å². The fourth-order valence-corrected chi connectivity index (χ4v) is 3.56. The van der Waals surface area contributed by atoms with Crippen molar-refractivity contribution in [2.24, 2.45) is 0 Å². The molecule has 0 unspecified atom stereocenters. The zero-order chi connectivity index (χ0) is 21.4. The van der Waals surface area contributed by atoms with Crippen LogP contribution in [0.5, 0.6) is 0 Å². The maximum absolute atomic E-state index is 13.4. The average molecular weight is 403 g/mol. The topological polar surface area (TPSA) is 113 Å². The summed E-state index contributed by atoms with van der Waals surface area (Å²) in [5.74, 6) is 0. The highest BCUT2D eigenvalue weighted by atomic mass is 16.6. The third-order valence-corrected chi connectivity index (χ3v) is 5.01. The lowest BCUT2D eigenvalue weighted by Crippen LogP contribution is -2.40. The van der Waals surface area contributed by atoms with Crippen molar-refractivity contribution in [3.63, 3.8) is 0 Å². The Balaban J connectivity index is 2.09. The van der Waals surface area contributed by atoms with Crippen LogP contribution in [0.2, 0.25) is 0 Å². The molecule has 4 aromatic rings. The van der Waals surface area contributed by atoms with E-state index in [1.165, 1.54) is 10.8 Å². The number of rotatable bonds is 4. The van der Waals surface area contributed by atoms with Crippen molar-refractivity contribution in [2.75, 3.05) is 0 Å². The molecule has 9 nitrogen and oxygen atoms in total. The van der Waals surface area contributed by atoms with Gasteiger partial charge in [0, 0.05) is 24.2 Å². The Bertz CT molecular complexity index is 1410. The second-order valence-electron chi connectivity index (χ2n) is 6.87. The molecule has 0 spiro atoms. The largest absolute Gasteiger partial charge is 0.337 e. The summed E-state index contributed by atoms with van der Waals surface area (Å²) in [7, 11) is 0. The lowest BCUT2D eigenvalue weighted by atomic mass is 10.1. The van der Waals surface area contributed by atoms with E-state index in [1.807, 2.05) is 0 Å². The smallest absolute Gasteiger partial charge is 0.268 e. The second kappa shape index (κ2) is 7.36. The van der Waals surface area contributed by atoms with E-state index in [9.17, 15) is 19.7 Å². The Kier molecular flexibility index (Phi) is 4.71. The summed E-state index contributed by atoms with van der Waals surface area (Å²) in [4.78, 5) is 45.8. The van der Waals surface area contributed by atoms with Crippen molar-refractivity contribution in [1.82, 2.24) is 19.1 Å². The minimum atomic E-state index is -0.621. The minimum Gasteiger partial charge on any atom is -0.268 e.